The van der Waals surface area contributed by atoms with E-state index < -0.39 is 19.7 Å². The van der Waals surface area contributed by atoms with Gasteiger partial charge in [0.25, 0.3) is 0 Å². The van der Waals surface area contributed by atoms with Crippen LogP contribution in [0.5, 0.6) is 0 Å². The third kappa shape index (κ3) is 4.42. The molecule has 2 aromatic carbocycles. The Balaban J connectivity index is 1.81. The lowest BCUT2D eigenvalue weighted by molar-refractivity contribution is 0.589. The van der Waals surface area contributed by atoms with Crippen molar-refractivity contribution in [3.05, 3.63) is 82.6 Å². The molecule has 10 heteroatoms. The Hall–Kier alpha value is -2.53. The molecule has 31 heavy (non-hydrogen) atoms. The molecule has 0 saturated carbocycles. The Morgan fingerprint density at radius 1 is 0.839 bits per heavy atom. The monoisotopic (exact) mass is 490 g/mol. The van der Waals surface area contributed by atoms with Crippen LogP contribution in [0, 0.1) is 6.92 Å². The van der Waals surface area contributed by atoms with Crippen LogP contribution >= 0.6 is 22.7 Å². The first-order chi connectivity index (χ1) is 14.8. The molecule has 0 aliphatic carbocycles. The molecule has 0 aliphatic rings. The predicted molar refractivity (Wildman–Crippen MR) is 122 cm³/mol. The van der Waals surface area contributed by atoms with E-state index in [-0.39, 0.29) is 24.2 Å². The standard InChI is InChI=1S/C21H18N2O4S4/c1-15-9-11-18(12-10-15)30(24,25)20-19(22-14-16-6-5-13-28-16)29-21(23-20)31(26,27)17-7-3-2-4-8-17/h2-13,22H,14H2,1H3. The zero-order valence-electron chi connectivity index (χ0n) is 16.3. The number of hydrogen-bond donors (Lipinski definition) is 1. The van der Waals surface area contributed by atoms with Crippen LogP contribution in [0.25, 0.3) is 0 Å². The highest BCUT2D eigenvalue weighted by molar-refractivity contribution is 7.94. The van der Waals surface area contributed by atoms with Crippen molar-refractivity contribution in [2.24, 2.45) is 0 Å². The van der Waals surface area contributed by atoms with Crippen molar-refractivity contribution < 1.29 is 16.8 Å². The van der Waals surface area contributed by atoms with E-state index in [0.717, 1.165) is 21.8 Å². The quantitative estimate of drug-likeness (QED) is 0.400. The lowest BCUT2D eigenvalue weighted by Crippen LogP contribution is -2.08. The molecule has 1 N–H and O–H groups in total. The summed E-state index contributed by atoms with van der Waals surface area (Å²) in [5, 5.41) is 4.90. The van der Waals surface area contributed by atoms with E-state index in [2.05, 4.69) is 10.3 Å². The summed E-state index contributed by atoms with van der Waals surface area (Å²) in [7, 11) is -7.98. The first-order valence-corrected chi connectivity index (χ1v) is 13.8. The SMILES string of the molecule is Cc1ccc(S(=O)(=O)c2nc(S(=O)(=O)c3ccccc3)sc2NCc2cccs2)cc1. The number of thiophene rings is 1. The van der Waals surface area contributed by atoms with Crippen molar-refractivity contribution in [3.8, 4) is 0 Å². The highest BCUT2D eigenvalue weighted by atomic mass is 32.2. The average Bonchev–Trinajstić information content (AvgIpc) is 3.44. The van der Waals surface area contributed by atoms with E-state index in [1.807, 2.05) is 24.4 Å². The molecule has 160 valence electrons. The zero-order chi connectivity index (χ0) is 22.1. The van der Waals surface area contributed by atoms with E-state index in [1.165, 1.54) is 35.6 Å². The number of nitrogens with one attached hydrogen (secondary N) is 1. The minimum Gasteiger partial charge on any atom is -0.370 e. The second-order valence-electron chi connectivity index (χ2n) is 6.68. The van der Waals surface area contributed by atoms with Crippen LogP contribution in [0.15, 0.2) is 91.3 Å². The van der Waals surface area contributed by atoms with Crippen molar-refractivity contribution >= 4 is 47.3 Å². The molecule has 0 aliphatic heterocycles. The Bertz CT molecular complexity index is 1390. The summed E-state index contributed by atoms with van der Waals surface area (Å²) in [5.74, 6) is 0. The van der Waals surface area contributed by atoms with Crippen molar-refractivity contribution in [2.45, 2.75) is 32.6 Å². The lowest BCUT2D eigenvalue weighted by Gasteiger charge is -2.06. The number of aryl methyl sites for hydroxylation is 1. The highest BCUT2D eigenvalue weighted by Gasteiger charge is 2.31. The minimum absolute atomic E-state index is 0.0613. The van der Waals surface area contributed by atoms with Crippen LogP contribution in [0.3, 0.4) is 0 Å². The van der Waals surface area contributed by atoms with Gasteiger partial charge in [0.15, 0.2) is 5.03 Å². The number of benzene rings is 2. The van der Waals surface area contributed by atoms with Crippen LogP contribution in [0.4, 0.5) is 5.00 Å². The molecular weight excluding hydrogens is 473 g/mol. The third-order valence-corrected chi connectivity index (χ3v) is 10.3. The van der Waals surface area contributed by atoms with Crippen molar-refractivity contribution in [2.75, 3.05) is 5.32 Å². The van der Waals surface area contributed by atoms with E-state index in [4.69, 9.17) is 0 Å². The van der Waals surface area contributed by atoms with Gasteiger partial charge in [0.2, 0.25) is 24.0 Å². The van der Waals surface area contributed by atoms with Crippen LogP contribution in [-0.2, 0) is 26.2 Å². The van der Waals surface area contributed by atoms with Gasteiger partial charge in [-0.1, -0.05) is 53.3 Å². The van der Waals surface area contributed by atoms with Gasteiger partial charge in [-0.05, 0) is 42.6 Å². The van der Waals surface area contributed by atoms with Crippen molar-refractivity contribution in [3.63, 3.8) is 0 Å². The van der Waals surface area contributed by atoms with Gasteiger partial charge in [0.05, 0.1) is 16.3 Å². The third-order valence-electron chi connectivity index (χ3n) is 4.45. The maximum Gasteiger partial charge on any atom is 0.233 e. The van der Waals surface area contributed by atoms with E-state index in [1.54, 1.807) is 30.3 Å². The number of thiazole rings is 1. The Kier molecular flexibility index (Phi) is 5.98. The number of hydrogen-bond acceptors (Lipinski definition) is 8. The topological polar surface area (TPSA) is 93.2 Å². The predicted octanol–water partition coefficient (Wildman–Crippen LogP) is 4.79. The summed E-state index contributed by atoms with van der Waals surface area (Å²) in [6.07, 6.45) is 0. The van der Waals surface area contributed by atoms with Crippen LogP contribution in [0.1, 0.15) is 10.4 Å². The van der Waals surface area contributed by atoms with Gasteiger partial charge in [-0.25, -0.2) is 21.8 Å². The largest absolute Gasteiger partial charge is 0.370 e. The van der Waals surface area contributed by atoms with E-state index in [0.29, 0.717) is 6.54 Å². The molecular formula is C21H18N2O4S4. The normalized spacial score (nSPS) is 12.0. The number of sulfone groups is 2. The molecule has 0 fully saturated rings. The van der Waals surface area contributed by atoms with Gasteiger partial charge in [-0.3, -0.25) is 0 Å². The van der Waals surface area contributed by atoms with Gasteiger partial charge in [0, 0.05) is 4.88 Å². The Labute approximate surface area is 189 Å². The van der Waals surface area contributed by atoms with E-state index >= 15 is 0 Å². The molecule has 0 unspecified atom stereocenters. The molecule has 2 heterocycles. The molecule has 4 aromatic rings. The fourth-order valence-corrected chi connectivity index (χ4v) is 7.76. The van der Waals surface area contributed by atoms with Gasteiger partial charge in [-0.2, -0.15) is 0 Å². The lowest BCUT2D eigenvalue weighted by atomic mass is 10.2. The number of aromatic nitrogens is 1. The molecule has 6 nitrogen and oxygen atoms in total. The first-order valence-electron chi connectivity index (χ1n) is 9.17. The fourth-order valence-electron chi connectivity index (χ4n) is 2.81. The van der Waals surface area contributed by atoms with Gasteiger partial charge >= 0.3 is 0 Å². The summed E-state index contributed by atoms with van der Waals surface area (Å²) in [4.78, 5) is 5.22. The van der Waals surface area contributed by atoms with Gasteiger partial charge in [0.1, 0.15) is 5.00 Å². The number of rotatable bonds is 7. The Morgan fingerprint density at radius 3 is 2.16 bits per heavy atom. The molecule has 4 rings (SSSR count). The maximum absolute atomic E-state index is 13.3. The maximum atomic E-state index is 13.3. The van der Waals surface area contributed by atoms with Crippen molar-refractivity contribution in [1.29, 1.82) is 0 Å². The molecule has 0 spiro atoms. The molecule has 0 bridgehead atoms. The first kappa shape index (κ1) is 21.7. The second-order valence-corrected chi connectivity index (χ2v) is 12.7. The second kappa shape index (κ2) is 8.54. The number of nitrogens with zero attached hydrogens (tertiary/aromatic N) is 1. The summed E-state index contributed by atoms with van der Waals surface area (Å²) in [5.41, 5.74) is 0.917. The summed E-state index contributed by atoms with van der Waals surface area (Å²) >= 11 is 2.34. The van der Waals surface area contributed by atoms with Gasteiger partial charge in [-0.15, -0.1) is 11.3 Å². The minimum atomic E-state index is -4.02. The smallest absolute Gasteiger partial charge is 0.233 e. The summed E-state index contributed by atoms with van der Waals surface area (Å²) in [6, 6.07) is 18.0. The van der Waals surface area contributed by atoms with Crippen LogP contribution < -0.4 is 5.32 Å². The molecule has 2 aromatic heterocycles. The molecule has 0 atom stereocenters. The summed E-state index contributed by atoms with van der Waals surface area (Å²) < 4.78 is 52.5. The highest BCUT2D eigenvalue weighted by Crippen LogP contribution is 2.37. The van der Waals surface area contributed by atoms with Crippen LogP contribution in [-0.4, -0.2) is 21.8 Å². The molecule has 0 saturated heterocycles. The zero-order valence-corrected chi connectivity index (χ0v) is 19.6. The van der Waals surface area contributed by atoms with Gasteiger partial charge < -0.3 is 5.32 Å². The molecule has 0 radical (unpaired) electrons. The van der Waals surface area contributed by atoms with E-state index in [9.17, 15) is 16.8 Å². The molecule has 0 amide bonds. The Morgan fingerprint density at radius 2 is 1.52 bits per heavy atom. The average molecular weight is 491 g/mol. The fraction of sp³-hybridized carbons (Fsp3) is 0.0952. The van der Waals surface area contributed by atoms with Crippen molar-refractivity contribution in [1.82, 2.24) is 4.98 Å². The van der Waals surface area contributed by atoms with Crippen LogP contribution in [0.2, 0.25) is 0 Å². The summed E-state index contributed by atoms with van der Waals surface area (Å²) in [6.45, 7) is 2.22. The number of anilines is 1.